The Kier molecular flexibility index (Phi) is 6.57. The van der Waals surface area contributed by atoms with Crippen LogP contribution in [0.1, 0.15) is 16.7 Å². The highest BCUT2D eigenvalue weighted by Crippen LogP contribution is 2.33. The van der Waals surface area contributed by atoms with Crippen LogP contribution in [0.5, 0.6) is 0 Å². The first-order chi connectivity index (χ1) is 14.8. The topological polar surface area (TPSA) is 109 Å². The van der Waals surface area contributed by atoms with E-state index in [4.69, 9.17) is 10.8 Å². The molecule has 0 unspecified atom stereocenters. The molecule has 0 radical (unpaired) electrons. The van der Waals surface area contributed by atoms with Crippen LogP contribution in [0.2, 0.25) is 0 Å². The van der Waals surface area contributed by atoms with Crippen LogP contribution in [0.4, 0.5) is 30.8 Å². The van der Waals surface area contributed by atoms with Crippen molar-refractivity contribution < 1.29 is 18.3 Å². The van der Waals surface area contributed by atoms with Gasteiger partial charge in [-0.05, 0) is 24.3 Å². The second-order valence-electron chi connectivity index (χ2n) is 6.32. The summed E-state index contributed by atoms with van der Waals surface area (Å²) in [7, 11) is 1.74. The quantitative estimate of drug-likeness (QED) is 0.463. The van der Waals surface area contributed by atoms with E-state index in [0.29, 0.717) is 11.4 Å². The lowest BCUT2D eigenvalue weighted by atomic mass is 10.0. The maximum atomic E-state index is 13.2. The number of nitrogens with one attached hydrogen (secondary N) is 2. The fourth-order valence-electron chi connectivity index (χ4n) is 2.65. The number of nitrogens with two attached hydrogens (primary N) is 1. The van der Waals surface area contributed by atoms with Crippen molar-refractivity contribution in [1.82, 2.24) is 15.0 Å². The number of hydrogen-bond donors (Lipinski definition) is 4. The highest BCUT2D eigenvalue weighted by molar-refractivity contribution is 5.75. The maximum absolute atomic E-state index is 13.2. The molecule has 0 saturated heterocycles. The number of nitrogen functional groups attached to an aromatic ring is 1. The van der Waals surface area contributed by atoms with Gasteiger partial charge in [-0.15, -0.1) is 0 Å². The number of aromatic nitrogens is 3. The Morgan fingerprint density at radius 3 is 2.58 bits per heavy atom. The van der Waals surface area contributed by atoms with E-state index >= 15 is 0 Å². The van der Waals surface area contributed by atoms with Crippen molar-refractivity contribution in [2.75, 3.05) is 36.6 Å². The molecule has 3 aromatic rings. The minimum absolute atomic E-state index is 0.00449. The zero-order valence-electron chi connectivity index (χ0n) is 16.5. The smallest absolute Gasteiger partial charge is 0.395 e. The van der Waals surface area contributed by atoms with Crippen LogP contribution in [0, 0.1) is 11.8 Å². The Morgan fingerprint density at radius 2 is 1.94 bits per heavy atom. The summed E-state index contributed by atoms with van der Waals surface area (Å²) in [6.07, 6.45) is -2.96. The number of halogens is 3. The zero-order valence-corrected chi connectivity index (χ0v) is 16.5. The van der Waals surface area contributed by atoms with E-state index in [-0.39, 0.29) is 41.7 Å². The number of alkyl halides is 3. The van der Waals surface area contributed by atoms with Crippen LogP contribution in [-0.4, -0.2) is 40.3 Å². The molecular weight excluding hydrogens is 409 g/mol. The molecular formula is C21H19F3N6O. The average molecular weight is 428 g/mol. The number of pyridine rings is 1. The molecule has 10 heteroatoms. The molecule has 0 saturated carbocycles. The highest BCUT2D eigenvalue weighted by Gasteiger charge is 2.30. The molecule has 160 valence electrons. The fraction of sp³-hybridized carbons (Fsp3) is 0.190. The molecule has 2 aromatic heterocycles. The van der Waals surface area contributed by atoms with E-state index in [1.807, 2.05) is 0 Å². The molecule has 0 bridgehead atoms. The number of hydrogen-bond acceptors (Lipinski definition) is 7. The van der Waals surface area contributed by atoms with Crippen molar-refractivity contribution >= 4 is 17.6 Å². The number of aliphatic hydroxyl groups is 1. The molecule has 3 rings (SSSR count). The number of nitrogens with zero attached hydrogens (tertiary/aromatic N) is 3. The van der Waals surface area contributed by atoms with Gasteiger partial charge in [0.1, 0.15) is 11.6 Å². The van der Waals surface area contributed by atoms with Crippen LogP contribution in [-0.2, 0) is 6.18 Å². The average Bonchev–Trinajstić information content (AvgIpc) is 2.76. The number of rotatable bonds is 5. The van der Waals surface area contributed by atoms with Crippen LogP contribution < -0.4 is 16.4 Å². The van der Waals surface area contributed by atoms with Crippen molar-refractivity contribution in [3.05, 3.63) is 59.3 Å². The second-order valence-corrected chi connectivity index (χ2v) is 6.32. The van der Waals surface area contributed by atoms with Gasteiger partial charge in [0.25, 0.3) is 0 Å². The molecule has 0 aliphatic rings. The van der Waals surface area contributed by atoms with Crippen LogP contribution in [0.3, 0.4) is 0 Å². The van der Waals surface area contributed by atoms with E-state index in [2.05, 4.69) is 37.4 Å². The summed E-state index contributed by atoms with van der Waals surface area (Å²) in [4.78, 5) is 12.6. The number of anilines is 3. The molecule has 31 heavy (non-hydrogen) atoms. The fourth-order valence-corrected chi connectivity index (χ4v) is 2.65. The minimum atomic E-state index is -4.51. The Morgan fingerprint density at radius 1 is 1.13 bits per heavy atom. The Hall–Kier alpha value is -3.84. The summed E-state index contributed by atoms with van der Waals surface area (Å²) in [5.41, 5.74) is 6.33. The number of benzene rings is 1. The van der Waals surface area contributed by atoms with Crippen molar-refractivity contribution in [3.8, 4) is 23.1 Å². The van der Waals surface area contributed by atoms with Gasteiger partial charge in [-0.2, -0.15) is 18.2 Å². The van der Waals surface area contributed by atoms with Gasteiger partial charge in [0.2, 0.25) is 5.95 Å². The van der Waals surface area contributed by atoms with Gasteiger partial charge in [0, 0.05) is 30.9 Å². The van der Waals surface area contributed by atoms with Gasteiger partial charge in [0.15, 0.2) is 0 Å². The Balaban J connectivity index is 2.11. The van der Waals surface area contributed by atoms with Gasteiger partial charge in [-0.25, -0.2) is 9.97 Å². The molecule has 0 fully saturated rings. The molecule has 0 atom stereocenters. The van der Waals surface area contributed by atoms with Gasteiger partial charge >= 0.3 is 6.18 Å². The van der Waals surface area contributed by atoms with E-state index in [0.717, 1.165) is 12.1 Å². The minimum Gasteiger partial charge on any atom is -0.395 e. The zero-order chi connectivity index (χ0) is 22.4. The van der Waals surface area contributed by atoms with Gasteiger partial charge in [-0.3, -0.25) is 0 Å². The molecule has 2 heterocycles. The maximum Gasteiger partial charge on any atom is 0.416 e. The first-order valence-corrected chi connectivity index (χ1v) is 9.17. The van der Waals surface area contributed by atoms with E-state index in [1.165, 1.54) is 12.1 Å². The third kappa shape index (κ3) is 5.40. The predicted molar refractivity (Wildman–Crippen MR) is 112 cm³/mol. The van der Waals surface area contributed by atoms with E-state index in [9.17, 15) is 13.2 Å². The third-order valence-electron chi connectivity index (χ3n) is 4.15. The molecule has 0 amide bonds. The molecule has 0 aliphatic carbocycles. The predicted octanol–water partition coefficient (Wildman–Crippen LogP) is 2.99. The summed E-state index contributed by atoms with van der Waals surface area (Å²) in [6, 6.07) is 8.20. The Bertz CT molecular complexity index is 1120. The van der Waals surface area contributed by atoms with Crippen LogP contribution in [0.25, 0.3) is 11.3 Å². The molecule has 1 aromatic carbocycles. The Labute approximate surface area is 176 Å². The SMILES string of the molecule is CNc1ccc(C#Cc2c(N)nc(NCCO)nc2-c2cccc(C(F)(F)F)c2)cn1. The lowest BCUT2D eigenvalue weighted by Gasteiger charge is -2.12. The van der Waals surface area contributed by atoms with Gasteiger partial charge in [-0.1, -0.05) is 24.0 Å². The molecule has 0 spiro atoms. The standard InChI is InChI=1S/C21H19F3N6O/c1-26-17-8-6-13(12-28-17)5-7-16-18(29-20(27-9-10-31)30-19(16)25)14-3-2-4-15(11-14)21(22,23)24/h2-4,6,8,11-12,31H,9-10H2,1H3,(H,26,28)(H3,25,27,29,30). The van der Waals surface area contributed by atoms with Crippen molar-refractivity contribution in [2.24, 2.45) is 0 Å². The molecule has 7 nitrogen and oxygen atoms in total. The number of aliphatic hydroxyl groups excluding tert-OH is 1. The van der Waals surface area contributed by atoms with Gasteiger partial charge in [0.05, 0.1) is 23.4 Å². The summed E-state index contributed by atoms with van der Waals surface area (Å²) >= 11 is 0. The van der Waals surface area contributed by atoms with Crippen molar-refractivity contribution in [3.63, 3.8) is 0 Å². The summed E-state index contributed by atoms with van der Waals surface area (Å²) in [5, 5.41) is 14.7. The summed E-state index contributed by atoms with van der Waals surface area (Å²) < 4.78 is 39.6. The summed E-state index contributed by atoms with van der Waals surface area (Å²) in [6.45, 7) is -0.0324. The van der Waals surface area contributed by atoms with Crippen molar-refractivity contribution in [1.29, 1.82) is 0 Å². The van der Waals surface area contributed by atoms with Gasteiger partial charge < -0.3 is 21.5 Å². The largest absolute Gasteiger partial charge is 0.416 e. The first kappa shape index (κ1) is 21.9. The van der Waals surface area contributed by atoms with E-state index in [1.54, 1.807) is 25.4 Å². The monoisotopic (exact) mass is 428 g/mol. The third-order valence-corrected chi connectivity index (χ3v) is 4.15. The van der Waals surface area contributed by atoms with Crippen LogP contribution >= 0.6 is 0 Å². The lowest BCUT2D eigenvalue weighted by Crippen LogP contribution is -2.12. The first-order valence-electron chi connectivity index (χ1n) is 9.17. The lowest BCUT2D eigenvalue weighted by molar-refractivity contribution is -0.137. The normalized spacial score (nSPS) is 10.9. The van der Waals surface area contributed by atoms with E-state index < -0.39 is 11.7 Å². The van der Waals surface area contributed by atoms with Crippen molar-refractivity contribution in [2.45, 2.75) is 6.18 Å². The highest BCUT2D eigenvalue weighted by atomic mass is 19.4. The summed E-state index contributed by atoms with van der Waals surface area (Å²) in [5.74, 6) is 6.48. The second kappa shape index (κ2) is 9.32. The van der Waals surface area contributed by atoms with Crippen LogP contribution in [0.15, 0.2) is 42.6 Å². The molecule has 0 aliphatic heterocycles. The molecule has 5 N–H and O–H groups in total.